The summed E-state index contributed by atoms with van der Waals surface area (Å²) in [6.07, 6.45) is 1.58. The van der Waals surface area contributed by atoms with E-state index in [1.165, 1.54) is 0 Å². The Hall–Kier alpha value is -1.88. The van der Waals surface area contributed by atoms with Gasteiger partial charge in [-0.2, -0.15) is 0 Å². The molecule has 0 aliphatic rings. The molecule has 0 saturated carbocycles. The van der Waals surface area contributed by atoms with Gasteiger partial charge in [0, 0.05) is 16.4 Å². The highest BCUT2D eigenvalue weighted by Crippen LogP contribution is 2.18. The van der Waals surface area contributed by atoms with Crippen LogP contribution in [0.3, 0.4) is 0 Å². The second kappa shape index (κ2) is 5.64. The number of benzene rings is 1. The molecule has 1 aromatic carbocycles. The zero-order chi connectivity index (χ0) is 13.0. The fourth-order valence-corrected chi connectivity index (χ4v) is 1.85. The zero-order valence-electron chi connectivity index (χ0n) is 9.68. The zero-order valence-corrected chi connectivity index (χ0v) is 11.3. The molecule has 1 aromatic heterocycles. The van der Waals surface area contributed by atoms with Crippen LogP contribution in [0.2, 0.25) is 0 Å². The minimum Gasteiger partial charge on any atom is -0.497 e. The second-order valence-electron chi connectivity index (χ2n) is 3.52. The van der Waals surface area contributed by atoms with E-state index in [0.717, 1.165) is 5.75 Å². The Balaban J connectivity index is 2.14. The van der Waals surface area contributed by atoms with Crippen molar-refractivity contribution in [3.05, 3.63) is 52.8 Å². The molecule has 4 nitrogen and oxygen atoms in total. The number of hydrogen-bond acceptors (Lipinski definition) is 3. The van der Waals surface area contributed by atoms with E-state index >= 15 is 0 Å². The Morgan fingerprint density at radius 3 is 2.61 bits per heavy atom. The Labute approximate surface area is 113 Å². The number of amides is 1. The van der Waals surface area contributed by atoms with E-state index in [4.69, 9.17) is 4.74 Å². The predicted octanol–water partition coefficient (Wildman–Crippen LogP) is 3.11. The van der Waals surface area contributed by atoms with Gasteiger partial charge >= 0.3 is 0 Å². The van der Waals surface area contributed by atoms with Gasteiger partial charge in [0.25, 0.3) is 5.91 Å². The number of rotatable bonds is 3. The average molecular weight is 307 g/mol. The Morgan fingerprint density at radius 1 is 1.28 bits per heavy atom. The van der Waals surface area contributed by atoms with Crippen LogP contribution in [-0.4, -0.2) is 18.0 Å². The lowest BCUT2D eigenvalue weighted by molar-refractivity contribution is 0.102. The number of anilines is 1. The van der Waals surface area contributed by atoms with Gasteiger partial charge in [-0.25, -0.2) is 4.98 Å². The third-order valence-electron chi connectivity index (χ3n) is 2.32. The molecule has 0 fully saturated rings. The highest BCUT2D eigenvalue weighted by molar-refractivity contribution is 9.10. The standard InChI is InChI=1S/C13H11BrN2O2/c1-18-10-6-4-9(5-7-10)16-13(17)12-11(14)3-2-8-15-12/h2-8H,1H3,(H,16,17). The van der Waals surface area contributed by atoms with E-state index in [2.05, 4.69) is 26.2 Å². The normalized spacial score (nSPS) is 9.89. The van der Waals surface area contributed by atoms with Crippen molar-refractivity contribution in [1.29, 1.82) is 0 Å². The van der Waals surface area contributed by atoms with Gasteiger partial charge in [0.2, 0.25) is 0 Å². The van der Waals surface area contributed by atoms with Crippen molar-refractivity contribution in [3.8, 4) is 5.75 Å². The summed E-state index contributed by atoms with van der Waals surface area (Å²) in [7, 11) is 1.60. The maximum atomic E-state index is 12.0. The third kappa shape index (κ3) is 2.87. The van der Waals surface area contributed by atoms with Gasteiger partial charge in [-0.15, -0.1) is 0 Å². The molecular formula is C13H11BrN2O2. The van der Waals surface area contributed by atoms with Crippen LogP contribution in [0.4, 0.5) is 5.69 Å². The van der Waals surface area contributed by atoms with Gasteiger partial charge in [-0.05, 0) is 52.3 Å². The lowest BCUT2D eigenvalue weighted by Crippen LogP contribution is -2.14. The molecule has 1 N–H and O–H groups in total. The summed E-state index contributed by atoms with van der Waals surface area (Å²) in [4.78, 5) is 16.0. The van der Waals surface area contributed by atoms with Crippen molar-refractivity contribution in [1.82, 2.24) is 4.98 Å². The van der Waals surface area contributed by atoms with E-state index in [-0.39, 0.29) is 5.91 Å². The molecule has 2 aromatic rings. The molecule has 1 heterocycles. The van der Waals surface area contributed by atoms with Gasteiger partial charge in [-0.3, -0.25) is 4.79 Å². The first kappa shape index (κ1) is 12.6. The molecule has 0 aliphatic heterocycles. The topological polar surface area (TPSA) is 51.2 Å². The lowest BCUT2D eigenvalue weighted by Gasteiger charge is -2.06. The highest BCUT2D eigenvalue weighted by Gasteiger charge is 2.10. The fraction of sp³-hybridized carbons (Fsp3) is 0.0769. The Morgan fingerprint density at radius 2 is 2.00 bits per heavy atom. The van der Waals surface area contributed by atoms with Gasteiger partial charge in [-0.1, -0.05) is 0 Å². The maximum absolute atomic E-state index is 12.0. The van der Waals surface area contributed by atoms with Gasteiger partial charge < -0.3 is 10.1 Å². The van der Waals surface area contributed by atoms with Crippen LogP contribution in [0.5, 0.6) is 5.75 Å². The van der Waals surface area contributed by atoms with Crippen molar-refractivity contribution in [2.24, 2.45) is 0 Å². The number of hydrogen-bond donors (Lipinski definition) is 1. The Kier molecular flexibility index (Phi) is 3.94. The number of halogens is 1. The number of nitrogens with zero attached hydrogens (tertiary/aromatic N) is 1. The molecule has 0 unspecified atom stereocenters. The maximum Gasteiger partial charge on any atom is 0.275 e. The van der Waals surface area contributed by atoms with Crippen LogP contribution < -0.4 is 10.1 Å². The number of pyridine rings is 1. The number of carbonyl (C=O) groups is 1. The van der Waals surface area contributed by atoms with E-state index in [1.807, 2.05) is 0 Å². The molecule has 0 aliphatic carbocycles. The van der Waals surface area contributed by atoms with Crippen LogP contribution in [-0.2, 0) is 0 Å². The van der Waals surface area contributed by atoms with Gasteiger partial charge in [0.05, 0.1) is 7.11 Å². The molecule has 5 heteroatoms. The van der Waals surface area contributed by atoms with Crippen molar-refractivity contribution in [3.63, 3.8) is 0 Å². The van der Waals surface area contributed by atoms with E-state index in [0.29, 0.717) is 15.9 Å². The van der Waals surface area contributed by atoms with Crippen LogP contribution in [0.15, 0.2) is 47.1 Å². The minimum absolute atomic E-state index is 0.257. The largest absolute Gasteiger partial charge is 0.497 e. The van der Waals surface area contributed by atoms with E-state index in [9.17, 15) is 4.79 Å². The first-order valence-electron chi connectivity index (χ1n) is 5.26. The molecular weight excluding hydrogens is 296 g/mol. The number of aromatic nitrogens is 1. The number of nitrogens with one attached hydrogen (secondary N) is 1. The van der Waals surface area contributed by atoms with Crippen molar-refractivity contribution >= 4 is 27.5 Å². The second-order valence-corrected chi connectivity index (χ2v) is 4.37. The summed E-state index contributed by atoms with van der Waals surface area (Å²) in [5, 5.41) is 2.76. The first-order chi connectivity index (χ1) is 8.70. The summed E-state index contributed by atoms with van der Waals surface area (Å²) in [6.45, 7) is 0. The highest BCUT2D eigenvalue weighted by atomic mass is 79.9. The number of carbonyl (C=O) groups excluding carboxylic acids is 1. The van der Waals surface area contributed by atoms with Crippen molar-refractivity contribution in [2.75, 3.05) is 12.4 Å². The minimum atomic E-state index is -0.257. The first-order valence-corrected chi connectivity index (χ1v) is 6.06. The number of methoxy groups -OCH3 is 1. The average Bonchev–Trinajstić information content (AvgIpc) is 2.40. The monoisotopic (exact) mass is 306 g/mol. The molecule has 0 spiro atoms. The summed E-state index contributed by atoms with van der Waals surface area (Å²) in [6, 6.07) is 10.6. The van der Waals surface area contributed by atoms with Gasteiger partial charge in [0.1, 0.15) is 11.4 Å². The fourth-order valence-electron chi connectivity index (χ4n) is 1.42. The van der Waals surface area contributed by atoms with E-state index in [1.54, 1.807) is 49.7 Å². The summed E-state index contributed by atoms with van der Waals surface area (Å²) < 4.78 is 5.71. The molecule has 92 valence electrons. The SMILES string of the molecule is COc1ccc(NC(=O)c2ncccc2Br)cc1. The number of ether oxygens (including phenoxy) is 1. The van der Waals surface area contributed by atoms with Crippen LogP contribution in [0.25, 0.3) is 0 Å². The molecule has 0 radical (unpaired) electrons. The van der Waals surface area contributed by atoms with Gasteiger partial charge in [0.15, 0.2) is 0 Å². The summed E-state index contributed by atoms with van der Waals surface area (Å²) in [5.41, 5.74) is 1.05. The predicted molar refractivity (Wildman–Crippen MR) is 72.9 cm³/mol. The third-order valence-corrected chi connectivity index (χ3v) is 2.96. The molecule has 2 rings (SSSR count). The van der Waals surface area contributed by atoms with Crippen LogP contribution >= 0.6 is 15.9 Å². The molecule has 0 atom stereocenters. The van der Waals surface area contributed by atoms with Crippen molar-refractivity contribution in [2.45, 2.75) is 0 Å². The van der Waals surface area contributed by atoms with Crippen LogP contribution in [0.1, 0.15) is 10.5 Å². The van der Waals surface area contributed by atoms with E-state index < -0.39 is 0 Å². The summed E-state index contributed by atoms with van der Waals surface area (Å²) in [5.74, 6) is 0.486. The molecule has 0 saturated heterocycles. The Bertz CT molecular complexity index is 555. The molecule has 1 amide bonds. The summed E-state index contributed by atoms with van der Waals surface area (Å²) >= 11 is 3.29. The smallest absolute Gasteiger partial charge is 0.275 e. The lowest BCUT2D eigenvalue weighted by atomic mass is 10.3. The van der Waals surface area contributed by atoms with Crippen molar-refractivity contribution < 1.29 is 9.53 Å². The molecule has 0 bridgehead atoms. The molecule has 18 heavy (non-hydrogen) atoms. The quantitative estimate of drug-likeness (QED) is 0.948. The van der Waals surface area contributed by atoms with Crippen LogP contribution in [0, 0.1) is 0 Å².